The van der Waals surface area contributed by atoms with Crippen molar-refractivity contribution >= 4 is 39.1 Å². The number of carbonyl (C=O) groups is 1. The molecule has 0 aliphatic carbocycles. The molecule has 0 spiro atoms. The van der Waals surface area contributed by atoms with Gasteiger partial charge in [0, 0.05) is 4.90 Å². The zero-order chi connectivity index (χ0) is 15.6. The van der Waals surface area contributed by atoms with Crippen LogP contribution in [0.3, 0.4) is 0 Å². The van der Waals surface area contributed by atoms with Crippen molar-refractivity contribution in [3.05, 3.63) is 29.3 Å². The number of nitrogens with one attached hydrogen (secondary N) is 1. The number of amides is 1. The maximum atomic E-state index is 11.9. The van der Waals surface area contributed by atoms with Gasteiger partial charge in [-0.3, -0.25) is 4.79 Å². The van der Waals surface area contributed by atoms with Crippen molar-refractivity contribution in [3.63, 3.8) is 0 Å². The molecule has 1 aromatic rings. The Morgan fingerprint density at radius 3 is 2.67 bits per heavy atom. The van der Waals surface area contributed by atoms with Crippen molar-refractivity contribution in [3.8, 4) is 0 Å². The van der Waals surface area contributed by atoms with Gasteiger partial charge in [-0.1, -0.05) is 17.7 Å². The van der Waals surface area contributed by atoms with Crippen molar-refractivity contribution in [2.45, 2.75) is 30.2 Å². The molecule has 1 aromatic carbocycles. The van der Waals surface area contributed by atoms with Crippen LogP contribution in [0.5, 0.6) is 0 Å². The molecule has 0 bridgehead atoms. The largest absolute Gasteiger partial charge is 0.350 e. The monoisotopic (exact) mass is 347 g/mol. The zero-order valence-corrected chi connectivity index (χ0v) is 14.3. The van der Waals surface area contributed by atoms with E-state index < -0.39 is 21.3 Å². The van der Waals surface area contributed by atoms with E-state index in [0.29, 0.717) is 0 Å². The van der Waals surface area contributed by atoms with Crippen molar-refractivity contribution in [2.24, 2.45) is 0 Å². The summed E-state index contributed by atoms with van der Waals surface area (Å²) in [7, 11) is -3.12. The minimum atomic E-state index is -3.12. The summed E-state index contributed by atoms with van der Waals surface area (Å²) in [5.74, 6) is -0.0673. The molecule has 1 heterocycles. The van der Waals surface area contributed by atoms with E-state index in [0.717, 1.165) is 10.5 Å². The molecule has 0 radical (unpaired) electrons. The van der Waals surface area contributed by atoms with E-state index in [1.54, 1.807) is 0 Å². The summed E-state index contributed by atoms with van der Waals surface area (Å²) >= 11 is 7.41. The van der Waals surface area contributed by atoms with Crippen LogP contribution in [0, 0.1) is 13.8 Å². The van der Waals surface area contributed by atoms with Crippen LogP contribution < -0.4 is 5.32 Å². The maximum absolute atomic E-state index is 11.9. The van der Waals surface area contributed by atoms with Gasteiger partial charge in [-0.2, -0.15) is 0 Å². The Labute approximate surface area is 134 Å². The molecule has 1 aliphatic heterocycles. The molecule has 0 unspecified atom stereocenters. The van der Waals surface area contributed by atoms with Crippen LogP contribution in [0.2, 0.25) is 0 Å². The van der Waals surface area contributed by atoms with Gasteiger partial charge in [-0.25, -0.2) is 8.42 Å². The fourth-order valence-corrected chi connectivity index (χ4v) is 5.66. The lowest BCUT2D eigenvalue weighted by Crippen LogP contribution is -2.41. The highest BCUT2D eigenvalue weighted by Gasteiger charge is 2.37. The zero-order valence-electron chi connectivity index (χ0n) is 11.9. The Bertz CT molecular complexity index is 646. The maximum Gasteiger partial charge on any atom is 0.230 e. The number of rotatable bonds is 4. The smallest absolute Gasteiger partial charge is 0.230 e. The molecule has 116 valence electrons. The summed E-state index contributed by atoms with van der Waals surface area (Å²) in [6.07, 6.45) is 0. The molecule has 1 saturated heterocycles. The lowest BCUT2D eigenvalue weighted by Gasteiger charge is -2.14. The van der Waals surface area contributed by atoms with E-state index in [9.17, 15) is 13.2 Å². The number of sulfone groups is 1. The Morgan fingerprint density at radius 1 is 1.38 bits per heavy atom. The van der Waals surface area contributed by atoms with Gasteiger partial charge in [-0.05, 0) is 25.5 Å². The summed E-state index contributed by atoms with van der Waals surface area (Å²) in [6, 6.07) is 5.58. The normalized spacial score (nSPS) is 24.0. The molecular formula is C14H18ClNO3S2. The summed E-state index contributed by atoms with van der Waals surface area (Å²) in [6.45, 7) is 4.03. The van der Waals surface area contributed by atoms with Crippen LogP contribution in [0.25, 0.3) is 0 Å². The molecule has 1 N–H and O–H groups in total. The van der Waals surface area contributed by atoms with Gasteiger partial charge in [0.05, 0.1) is 28.7 Å². The van der Waals surface area contributed by atoms with E-state index >= 15 is 0 Å². The predicted octanol–water partition coefficient (Wildman–Crippen LogP) is 1.92. The van der Waals surface area contributed by atoms with E-state index in [1.165, 1.54) is 17.3 Å². The van der Waals surface area contributed by atoms with Crippen LogP contribution in [0.4, 0.5) is 0 Å². The predicted molar refractivity (Wildman–Crippen MR) is 86.9 cm³/mol. The average molecular weight is 348 g/mol. The van der Waals surface area contributed by atoms with Crippen LogP contribution in [0.15, 0.2) is 23.1 Å². The first-order valence-corrected chi connectivity index (χ1v) is 9.85. The van der Waals surface area contributed by atoms with Crippen molar-refractivity contribution < 1.29 is 13.2 Å². The standard InChI is InChI=1S/C14H18ClNO3S2/c1-9-3-4-13(10(2)5-9)20-6-14(17)16-12-8-21(18,19)7-11(12)15/h3-5,11-12H,6-8H2,1-2H3,(H,16,17)/t11-,12-/m1/s1. The lowest BCUT2D eigenvalue weighted by atomic mass is 10.2. The second-order valence-corrected chi connectivity index (χ2v) is 9.06. The SMILES string of the molecule is Cc1ccc(SCC(=O)N[C@@H]2CS(=O)(=O)C[C@H]2Cl)c(C)c1. The van der Waals surface area contributed by atoms with Gasteiger partial charge in [0.15, 0.2) is 9.84 Å². The van der Waals surface area contributed by atoms with Crippen LogP contribution >= 0.6 is 23.4 Å². The Hall–Kier alpha value is -0.720. The minimum Gasteiger partial charge on any atom is -0.350 e. The van der Waals surface area contributed by atoms with Gasteiger partial charge in [0.1, 0.15) is 0 Å². The molecule has 4 nitrogen and oxygen atoms in total. The molecule has 21 heavy (non-hydrogen) atoms. The highest BCUT2D eigenvalue weighted by molar-refractivity contribution is 8.00. The Kier molecular flexibility index (Phi) is 5.22. The summed E-state index contributed by atoms with van der Waals surface area (Å²) in [5, 5.41) is 2.18. The first-order chi connectivity index (χ1) is 9.77. The van der Waals surface area contributed by atoms with Crippen LogP contribution in [-0.2, 0) is 14.6 Å². The average Bonchev–Trinajstić information content (AvgIpc) is 2.61. The van der Waals surface area contributed by atoms with Gasteiger partial charge in [0.25, 0.3) is 0 Å². The number of hydrogen-bond acceptors (Lipinski definition) is 4. The van der Waals surface area contributed by atoms with Crippen LogP contribution in [0.1, 0.15) is 11.1 Å². The van der Waals surface area contributed by atoms with Crippen molar-refractivity contribution in [1.82, 2.24) is 5.32 Å². The second kappa shape index (κ2) is 6.58. The fourth-order valence-electron chi connectivity index (χ4n) is 2.29. The first kappa shape index (κ1) is 16.6. The second-order valence-electron chi connectivity index (χ2n) is 5.32. The third kappa shape index (κ3) is 4.63. The topological polar surface area (TPSA) is 63.2 Å². The molecule has 1 amide bonds. The van der Waals surface area contributed by atoms with Gasteiger partial charge in [-0.15, -0.1) is 23.4 Å². The molecule has 1 fully saturated rings. The Balaban J connectivity index is 1.88. The molecule has 0 aromatic heterocycles. The number of carbonyl (C=O) groups excluding carboxylic acids is 1. The van der Waals surface area contributed by atoms with Gasteiger partial charge >= 0.3 is 0 Å². The number of hydrogen-bond donors (Lipinski definition) is 1. The fraction of sp³-hybridized carbons (Fsp3) is 0.500. The highest BCUT2D eigenvalue weighted by atomic mass is 35.5. The molecule has 0 saturated carbocycles. The highest BCUT2D eigenvalue weighted by Crippen LogP contribution is 2.23. The molecule has 2 rings (SSSR count). The number of alkyl halides is 1. The van der Waals surface area contributed by atoms with E-state index in [-0.39, 0.29) is 23.2 Å². The number of benzene rings is 1. The quantitative estimate of drug-likeness (QED) is 0.667. The molecule has 1 aliphatic rings. The summed E-state index contributed by atoms with van der Waals surface area (Å²) < 4.78 is 22.9. The van der Waals surface area contributed by atoms with E-state index in [1.807, 2.05) is 26.0 Å². The molecule has 2 atom stereocenters. The number of aryl methyl sites for hydroxylation is 2. The Morgan fingerprint density at radius 2 is 2.10 bits per heavy atom. The van der Waals surface area contributed by atoms with Gasteiger partial charge < -0.3 is 5.32 Å². The number of halogens is 1. The van der Waals surface area contributed by atoms with Crippen molar-refractivity contribution in [1.29, 1.82) is 0 Å². The summed E-state index contributed by atoms with van der Waals surface area (Å²) in [4.78, 5) is 13.0. The number of thioether (sulfide) groups is 1. The summed E-state index contributed by atoms with van der Waals surface area (Å²) in [5.41, 5.74) is 2.31. The third-order valence-electron chi connectivity index (χ3n) is 3.32. The van der Waals surface area contributed by atoms with Crippen LogP contribution in [-0.4, -0.2) is 43.0 Å². The lowest BCUT2D eigenvalue weighted by molar-refractivity contribution is -0.119. The van der Waals surface area contributed by atoms with E-state index in [2.05, 4.69) is 11.4 Å². The third-order valence-corrected chi connectivity index (χ3v) is 6.87. The van der Waals surface area contributed by atoms with Crippen molar-refractivity contribution in [2.75, 3.05) is 17.3 Å². The minimum absolute atomic E-state index is 0.0658. The molecular weight excluding hydrogens is 330 g/mol. The molecule has 7 heteroatoms. The van der Waals surface area contributed by atoms with Gasteiger partial charge in [0.2, 0.25) is 5.91 Å². The first-order valence-electron chi connectivity index (χ1n) is 6.61. The van der Waals surface area contributed by atoms with E-state index in [4.69, 9.17) is 11.6 Å².